The maximum absolute atomic E-state index is 12.0. The monoisotopic (exact) mass is 336 g/mol. The van der Waals surface area contributed by atoms with Gasteiger partial charge >= 0.3 is 0 Å². The van der Waals surface area contributed by atoms with Crippen LogP contribution in [-0.4, -0.2) is 31.6 Å². The highest BCUT2D eigenvalue weighted by Gasteiger charge is 2.35. The zero-order valence-corrected chi connectivity index (χ0v) is 14.0. The molecule has 1 atom stereocenters. The fourth-order valence-corrected chi connectivity index (χ4v) is 4.42. The number of nitrogens with zero attached hydrogens (tertiary/aromatic N) is 2. The van der Waals surface area contributed by atoms with E-state index in [4.69, 9.17) is 10.7 Å². The molecule has 20 heavy (non-hydrogen) atoms. The largest absolute Gasteiger partial charge is 0.288 e. The summed E-state index contributed by atoms with van der Waals surface area (Å²) in [5.74, 6) is -0.522. The molecule has 0 saturated carbocycles. The van der Waals surface area contributed by atoms with Crippen LogP contribution in [0, 0.1) is 5.92 Å². The van der Waals surface area contributed by atoms with Crippen LogP contribution in [0.2, 0.25) is 0 Å². The van der Waals surface area contributed by atoms with Crippen molar-refractivity contribution in [3.63, 3.8) is 0 Å². The Balaban J connectivity index is 2.14. The Hall–Kier alpha value is -0.660. The second-order valence-electron chi connectivity index (χ2n) is 6.04. The molecule has 1 aromatic rings. The number of hydrogen-bond donors (Lipinski definition) is 0. The first kappa shape index (κ1) is 15.7. The Labute approximate surface area is 127 Å². The van der Waals surface area contributed by atoms with E-state index in [0.29, 0.717) is 11.7 Å². The van der Waals surface area contributed by atoms with Crippen LogP contribution in [0.4, 0.5) is 5.13 Å². The molecule has 0 aliphatic carbocycles. The SMILES string of the molecule is CC(C)(C)c1cnc(N2CC(CS(=O)(=O)Cl)CC2=O)s1. The zero-order valence-electron chi connectivity index (χ0n) is 11.6. The summed E-state index contributed by atoms with van der Waals surface area (Å²) in [4.78, 5) is 18.9. The standard InChI is InChI=1S/C12H17ClN2O3S2/c1-12(2,3)9-5-14-11(19-9)15-6-8(4-10(15)16)7-20(13,17)18/h5,8H,4,6-7H2,1-3H3. The van der Waals surface area contributed by atoms with Crippen LogP contribution in [0.25, 0.3) is 0 Å². The van der Waals surface area contributed by atoms with Gasteiger partial charge in [0.1, 0.15) is 0 Å². The van der Waals surface area contributed by atoms with E-state index in [-0.39, 0.29) is 29.4 Å². The minimum absolute atomic E-state index is 0.0163. The summed E-state index contributed by atoms with van der Waals surface area (Å²) >= 11 is 1.47. The second-order valence-corrected chi connectivity index (χ2v) is 9.87. The molecule has 1 fully saturated rings. The number of carbonyl (C=O) groups excluding carboxylic acids is 1. The average molecular weight is 337 g/mol. The molecule has 0 bridgehead atoms. The minimum atomic E-state index is -3.58. The van der Waals surface area contributed by atoms with Gasteiger partial charge in [0, 0.05) is 40.6 Å². The Morgan fingerprint density at radius 3 is 2.65 bits per heavy atom. The van der Waals surface area contributed by atoms with Crippen molar-refractivity contribution in [1.29, 1.82) is 0 Å². The molecule has 2 heterocycles. The van der Waals surface area contributed by atoms with Gasteiger partial charge in [-0.3, -0.25) is 9.69 Å². The van der Waals surface area contributed by atoms with Crippen molar-refractivity contribution in [3.8, 4) is 0 Å². The van der Waals surface area contributed by atoms with E-state index < -0.39 is 9.05 Å². The normalized spacial score (nSPS) is 20.7. The molecular weight excluding hydrogens is 320 g/mol. The Kier molecular flexibility index (Phi) is 4.15. The molecular formula is C12H17ClN2O3S2. The van der Waals surface area contributed by atoms with Gasteiger partial charge in [0.25, 0.3) is 0 Å². The van der Waals surface area contributed by atoms with Crippen LogP contribution in [0.5, 0.6) is 0 Å². The Morgan fingerprint density at radius 1 is 1.50 bits per heavy atom. The number of thiazole rings is 1. The summed E-state index contributed by atoms with van der Waals surface area (Å²) in [6, 6.07) is 0. The highest BCUT2D eigenvalue weighted by molar-refractivity contribution is 8.13. The van der Waals surface area contributed by atoms with Crippen molar-refractivity contribution in [2.24, 2.45) is 5.92 Å². The van der Waals surface area contributed by atoms with Crippen molar-refractivity contribution in [3.05, 3.63) is 11.1 Å². The van der Waals surface area contributed by atoms with Gasteiger partial charge in [0.2, 0.25) is 15.0 Å². The molecule has 0 aromatic carbocycles. The third-order valence-corrected chi connectivity index (χ3v) is 5.80. The first-order chi connectivity index (χ1) is 9.06. The third kappa shape index (κ3) is 3.71. The summed E-state index contributed by atoms with van der Waals surface area (Å²) in [7, 11) is 1.67. The van der Waals surface area contributed by atoms with Crippen LogP contribution < -0.4 is 4.90 Å². The Bertz CT molecular complexity index is 619. The van der Waals surface area contributed by atoms with E-state index in [1.165, 1.54) is 11.3 Å². The predicted octanol–water partition coefficient (Wildman–Crippen LogP) is 2.36. The highest BCUT2D eigenvalue weighted by Crippen LogP contribution is 2.34. The number of carbonyl (C=O) groups is 1. The lowest BCUT2D eigenvalue weighted by atomic mass is 9.96. The highest BCUT2D eigenvalue weighted by atomic mass is 35.7. The number of rotatable bonds is 3. The first-order valence-electron chi connectivity index (χ1n) is 6.25. The lowest BCUT2D eigenvalue weighted by Crippen LogP contribution is -2.25. The van der Waals surface area contributed by atoms with Crippen LogP contribution >= 0.6 is 22.0 Å². The quantitative estimate of drug-likeness (QED) is 0.795. The fourth-order valence-electron chi connectivity index (χ4n) is 2.10. The van der Waals surface area contributed by atoms with Crippen molar-refractivity contribution in [2.45, 2.75) is 32.6 Å². The van der Waals surface area contributed by atoms with Gasteiger partial charge in [-0.1, -0.05) is 20.8 Å². The number of anilines is 1. The van der Waals surface area contributed by atoms with Gasteiger partial charge in [0.15, 0.2) is 5.13 Å². The van der Waals surface area contributed by atoms with Gasteiger partial charge in [-0.15, -0.1) is 11.3 Å². The summed E-state index contributed by atoms with van der Waals surface area (Å²) in [5, 5.41) is 0.634. The molecule has 0 N–H and O–H groups in total. The summed E-state index contributed by atoms with van der Waals surface area (Å²) in [6.45, 7) is 6.61. The summed E-state index contributed by atoms with van der Waals surface area (Å²) in [6.07, 6.45) is 1.98. The molecule has 8 heteroatoms. The molecule has 2 rings (SSSR count). The lowest BCUT2D eigenvalue weighted by Gasteiger charge is -2.15. The number of halogens is 1. The van der Waals surface area contributed by atoms with E-state index in [1.54, 1.807) is 11.1 Å². The molecule has 5 nitrogen and oxygen atoms in total. The van der Waals surface area contributed by atoms with Crippen LogP contribution in [0.3, 0.4) is 0 Å². The van der Waals surface area contributed by atoms with E-state index >= 15 is 0 Å². The molecule has 1 aromatic heterocycles. The van der Waals surface area contributed by atoms with Crippen LogP contribution in [0.1, 0.15) is 32.1 Å². The minimum Gasteiger partial charge on any atom is -0.288 e. The topological polar surface area (TPSA) is 67.3 Å². The maximum Gasteiger partial charge on any atom is 0.232 e. The van der Waals surface area contributed by atoms with E-state index in [9.17, 15) is 13.2 Å². The third-order valence-electron chi connectivity index (χ3n) is 3.10. The van der Waals surface area contributed by atoms with Crippen molar-refractivity contribution in [1.82, 2.24) is 4.98 Å². The molecule has 1 amide bonds. The number of hydrogen-bond acceptors (Lipinski definition) is 5. The van der Waals surface area contributed by atoms with E-state index in [1.807, 2.05) is 0 Å². The molecule has 1 saturated heterocycles. The summed E-state index contributed by atoms with van der Waals surface area (Å²) in [5.41, 5.74) is -0.0163. The van der Waals surface area contributed by atoms with Gasteiger partial charge < -0.3 is 0 Å². The van der Waals surface area contributed by atoms with Gasteiger partial charge in [-0.2, -0.15) is 0 Å². The summed E-state index contributed by atoms with van der Waals surface area (Å²) < 4.78 is 22.2. The molecule has 1 unspecified atom stereocenters. The zero-order chi connectivity index (χ0) is 15.1. The van der Waals surface area contributed by atoms with E-state index in [2.05, 4.69) is 25.8 Å². The smallest absolute Gasteiger partial charge is 0.232 e. The molecule has 112 valence electrons. The predicted molar refractivity (Wildman–Crippen MR) is 80.9 cm³/mol. The number of amides is 1. The average Bonchev–Trinajstić information content (AvgIpc) is 2.81. The van der Waals surface area contributed by atoms with Crippen molar-refractivity contribution in [2.75, 3.05) is 17.2 Å². The lowest BCUT2D eigenvalue weighted by molar-refractivity contribution is -0.117. The van der Waals surface area contributed by atoms with Crippen LogP contribution in [-0.2, 0) is 19.3 Å². The molecule has 0 radical (unpaired) electrons. The second kappa shape index (κ2) is 5.27. The van der Waals surface area contributed by atoms with Gasteiger partial charge in [-0.05, 0) is 5.41 Å². The molecule has 0 spiro atoms. The van der Waals surface area contributed by atoms with Gasteiger partial charge in [0.05, 0.1) is 5.75 Å². The number of aromatic nitrogens is 1. The van der Waals surface area contributed by atoms with Gasteiger partial charge in [-0.25, -0.2) is 13.4 Å². The molecule has 1 aliphatic rings. The molecule has 1 aliphatic heterocycles. The van der Waals surface area contributed by atoms with Crippen molar-refractivity contribution < 1.29 is 13.2 Å². The van der Waals surface area contributed by atoms with Crippen molar-refractivity contribution >= 4 is 42.1 Å². The Morgan fingerprint density at radius 2 is 2.15 bits per heavy atom. The maximum atomic E-state index is 12.0. The van der Waals surface area contributed by atoms with E-state index in [0.717, 1.165) is 4.88 Å². The first-order valence-corrected chi connectivity index (χ1v) is 9.55. The fraction of sp³-hybridized carbons (Fsp3) is 0.667. The van der Waals surface area contributed by atoms with Crippen LogP contribution in [0.15, 0.2) is 6.20 Å².